The number of hydrogen-bond acceptors (Lipinski definition) is 4. The first-order chi connectivity index (χ1) is 11.8. The Bertz CT molecular complexity index is 830. The molecular formula is C19H21ClN2O2S. The van der Waals surface area contributed by atoms with Crippen LogP contribution in [0.1, 0.15) is 27.2 Å². The Kier molecular flexibility index (Phi) is 6.21. The molecule has 2 rings (SSSR count). The lowest BCUT2D eigenvalue weighted by Crippen LogP contribution is -2.48. The van der Waals surface area contributed by atoms with Crippen LogP contribution < -0.4 is 10.1 Å². The molecule has 1 heterocycles. The summed E-state index contributed by atoms with van der Waals surface area (Å²) >= 11 is 7.91. The molecule has 0 radical (unpaired) electrons. The predicted molar refractivity (Wildman–Crippen MR) is 104 cm³/mol. The third-order valence-corrected chi connectivity index (χ3v) is 4.64. The second-order valence-electron chi connectivity index (χ2n) is 6.13. The minimum atomic E-state index is -0.730. The third kappa shape index (κ3) is 4.81. The molecule has 1 N–H and O–H groups in total. The Morgan fingerprint density at radius 3 is 2.80 bits per heavy atom. The molecule has 4 nitrogen and oxygen atoms in total. The summed E-state index contributed by atoms with van der Waals surface area (Å²) in [7, 11) is 0. The fraction of sp³-hybridized carbons (Fsp3) is 0.368. The van der Waals surface area contributed by atoms with Crippen molar-refractivity contribution in [1.82, 2.24) is 10.3 Å². The van der Waals surface area contributed by atoms with Gasteiger partial charge < -0.3 is 10.1 Å². The Balaban J connectivity index is 2.28. The second-order valence-corrected chi connectivity index (χ2v) is 7.41. The van der Waals surface area contributed by atoms with Crippen molar-refractivity contribution in [3.05, 3.63) is 29.4 Å². The van der Waals surface area contributed by atoms with Gasteiger partial charge in [0, 0.05) is 22.5 Å². The first kappa shape index (κ1) is 19.4. The van der Waals surface area contributed by atoms with Gasteiger partial charge in [0.25, 0.3) is 5.91 Å². The highest BCUT2D eigenvalue weighted by Gasteiger charge is 2.25. The molecule has 25 heavy (non-hydrogen) atoms. The molecule has 1 aromatic heterocycles. The summed E-state index contributed by atoms with van der Waals surface area (Å²) in [4.78, 5) is 17.8. The number of ether oxygens (including phenoxy) is 1. The van der Waals surface area contributed by atoms with Gasteiger partial charge in [-0.2, -0.15) is 0 Å². The lowest BCUT2D eigenvalue weighted by molar-refractivity contribution is -0.129. The highest BCUT2D eigenvalue weighted by molar-refractivity contribution is 7.98. The van der Waals surface area contributed by atoms with E-state index in [1.807, 2.05) is 25.3 Å². The molecule has 0 fully saturated rings. The zero-order valence-electron chi connectivity index (χ0n) is 14.7. The van der Waals surface area contributed by atoms with E-state index >= 15 is 0 Å². The number of nitrogens with one attached hydrogen (secondary N) is 1. The molecule has 0 aliphatic carbocycles. The summed E-state index contributed by atoms with van der Waals surface area (Å²) in [5.41, 5.74) is -0.0238. The summed E-state index contributed by atoms with van der Waals surface area (Å²) in [6.07, 6.45) is 9.04. The van der Waals surface area contributed by atoms with Gasteiger partial charge in [-0.1, -0.05) is 24.4 Å². The van der Waals surface area contributed by atoms with E-state index in [0.29, 0.717) is 22.7 Å². The van der Waals surface area contributed by atoms with Crippen molar-refractivity contribution in [1.29, 1.82) is 0 Å². The van der Waals surface area contributed by atoms with E-state index in [0.717, 1.165) is 10.3 Å². The van der Waals surface area contributed by atoms with E-state index in [2.05, 4.69) is 16.2 Å². The fourth-order valence-electron chi connectivity index (χ4n) is 2.25. The van der Waals surface area contributed by atoms with E-state index in [1.54, 1.807) is 37.9 Å². The van der Waals surface area contributed by atoms with Gasteiger partial charge in [-0.25, -0.2) is 0 Å². The van der Waals surface area contributed by atoms with Crippen LogP contribution in [0, 0.1) is 12.3 Å². The molecule has 1 unspecified atom stereocenters. The standard InChI is InChI=1S/C19H21ClN2O2S/c1-6-16(18(23)22-19(3,4)7-2)24-13-8-12-9-14(25-5)11-21-17(12)15(20)10-13/h2,8-11,16H,6H2,1,3-5H3,(H,22,23). The topological polar surface area (TPSA) is 51.2 Å². The second kappa shape index (κ2) is 7.99. The number of carbonyl (C=O) groups is 1. The monoisotopic (exact) mass is 376 g/mol. The molecule has 1 atom stereocenters. The highest BCUT2D eigenvalue weighted by Crippen LogP contribution is 2.30. The number of thioether (sulfide) groups is 1. The summed E-state index contributed by atoms with van der Waals surface area (Å²) < 4.78 is 5.88. The number of fused-ring (bicyclic) bond motifs is 1. The SMILES string of the molecule is C#CC(C)(C)NC(=O)C(CC)Oc1cc(Cl)c2ncc(SC)cc2c1. The molecule has 2 aromatic rings. The summed E-state index contributed by atoms with van der Waals surface area (Å²) in [6, 6.07) is 5.52. The predicted octanol–water partition coefficient (Wildman–Crippen LogP) is 4.30. The van der Waals surface area contributed by atoms with Gasteiger partial charge in [-0.05, 0) is 38.7 Å². The van der Waals surface area contributed by atoms with Crippen LogP contribution in [0.25, 0.3) is 10.9 Å². The summed E-state index contributed by atoms with van der Waals surface area (Å²) in [5, 5.41) is 4.15. The van der Waals surface area contributed by atoms with E-state index in [-0.39, 0.29) is 5.91 Å². The third-order valence-electron chi connectivity index (χ3n) is 3.66. The number of amides is 1. The lowest BCUT2D eigenvalue weighted by atomic mass is 10.1. The lowest BCUT2D eigenvalue weighted by Gasteiger charge is -2.24. The minimum absolute atomic E-state index is 0.252. The first-order valence-corrected chi connectivity index (χ1v) is 9.49. The quantitative estimate of drug-likeness (QED) is 0.603. The van der Waals surface area contributed by atoms with Crippen LogP contribution in [0.5, 0.6) is 5.75 Å². The zero-order valence-corrected chi connectivity index (χ0v) is 16.3. The van der Waals surface area contributed by atoms with E-state index in [4.69, 9.17) is 22.8 Å². The summed E-state index contributed by atoms with van der Waals surface area (Å²) in [5.74, 6) is 2.82. The Labute approximate surface area is 157 Å². The number of hydrogen-bond donors (Lipinski definition) is 1. The van der Waals surface area contributed by atoms with Crippen molar-refractivity contribution < 1.29 is 9.53 Å². The maximum Gasteiger partial charge on any atom is 0.262 e. The molecule has 0 bridgehead atoms. The van der Waals surface area contributed by atoms with Crippen molar-refractivity contribution in [2.24, 2.45) is 0 Å². The summed E-state index contributed by atoms with van der Waals surface area (Å²) in [6.45, 7) is 5.41. The normalized spacial score (nSPS) is 12.5. The van der Waals surface area contributed by atoms with Gasteiger partial charge in [-0.3, -0.25) is 9.78 Å². The van der Waals surface area contributed by atoms with Crippen LogP contribution in [0.3, 0.4) is 0 Å². The Morgan fingerprint density at radius 1 is 1.48 bits per heavy atom. The first-order valence-electron chi connectivity index (χ1n) is 7.89. The maximum absolute atomic E-state index is 12.4. The number of aromatic nitrogens is 1. The van der Waals surface area contributed by atoms with Crippen LogP contribution in [-0.4, -0.2) is 28.8 Å². The van der Waals surface area contributed by atoms with E-state index < -0.39 is 11.6 Å². The van der Waals surface area contributed by atoms with Crippen molar-refractivity contribution in [3.63, 3.8) is 0 Å². The molecule has 0 aliphatic rings. The fourth-order valence-corrected chi connectivity index (χ4v) is 2.92. The molecule has 0 saturated carbocycles. The molecule has 1 aromatic carbocycles. The van der Waals surface area contributed by atoms with Gasteiger partial charge in [0.1, 0.15) is 5.75 Å². The van der Waals surface area contributed by atoms with Crippen molar-refractivity contribution in [2.45, 2.75) is 43.7 Å². The highest BCUT2D eigenvalue weighted by atomic mass is 35.5. The number of benzene rings is 1. The van der Waals surface area contributed by atoms with Crippen LogP contribution in [-0.2, 0) is 4.79 Å². The molecular weight excluding hydrogens is 356 g/mol. The van der Waals surface area contributed by atoms with Crippen LogP contribution in [0.4, 0.5) is 0 Å². The van der Waals surface area contributed by atoms with Gasteiger partial charge in [0.15, 0.2) is 6.10 Å². The van der Waals surface area contributed by atoms with Crippen LogP contribution >= 0.6 is 23.4 Å². The van der Waals surface area contributed by atoms with Crippen molar-refractivity contribution >= 4 is 40.2 Å². The average molecular weight is 377 g/mol. The number of carbonyl (C=O) groups excluding carboxylic acids is 1. The van der Waals surface area contributed by atoms with Gasteiger partial charge >= 0.3 is 0 Å². The van der Waals surface area contributed by atoms with Gasteiger partial charge in [-0.15, -0.1) is 18.2 Å². The largest absolute Gasteiger partial charge is 0.481 e. The number of nitrogens with zero attached hydrogens (tertiary/aromatic N) is 1. The molecule has 0 aliphatic heterocycles. The smallest absolute Gasteiger partial charge is 0.262 e. The van der Waals surface area contributed by atoms with Gasteiger partial charge in [0.05, 0.1) is 16.1 Å². The Hall–Kier alpha value is -1.90. The van der Waals surface area contributed by atoms with E-state index in [9.17, 15) is 4.79 Å². The average Bonchev–Trinajstić information content (AvgIpc) is 2.58. The molecule has 6 heteroatoms. The number of terminal acetylenes is 1. The van der Waals surface area contributed by atoms with Crippen LogP contribution in [0.15, 0.2) is 29.3 Å². The number of rotatable bonds is 6. The van der Waals surface area contributed by atoms with Crippen molar-refractivity contribution in [3.8, 4) is 18.1 Å². The molecule has 0 spiro atoms. The maximum atomic E-state index is 12.4. The van der Waals surface area contributed by atoms with Crippen LogP contribution in [0.2, 0.25) is 5.02 Å². The Morgan fingerprint density at radius 2 is 2.20 bits per heavy atom. The van der Waals surface area contributed by atoms with Gasteiger partial charge in [0.2, 0.25) is 0 Å². The minimum Gasteiger partial charge on any atom is -0.481 e. The number of pyridine rings is 1. The number of halogens is 1. The van der Waals surface area contributed by atoms with Crippen molar-refractivity contribution in [2.75, 3.05) is 6.26 Å². The zero-order chi connectivity index (χ0) is 18.6. The molecule has 0 saturated heterocycles. The molecule has 1 amide bonds. The van der Waals surface area contributed by atoms with E-state index in [1.165, 1.54) is 0 Å². The molecule has 132 valence electrons.